The number of ether oxygens (including phenoxy) is 1. The first-order valence-electron chi connectivity index (χ1n) is 9.60. The summed E-state index contributed by atoms with van der Waals surface area (Å²) >= 11 is 0. The van der Waals surface area contributed by atoms with Crippen LogP contribution in [0, 0.1) is 0 Å². The molecule has 5 nitrogen and oxygen atoms in total. The van der Waals surface area contributed by atoms with Crippen molar-refractivity contribution in [2.75, 3.05) is 18.0 Å². The number of piperidine rings is 1. The van der Waals surface area contributed by atoms with Crippen molar-refractivity contribution in [3.05, 3.63) is 59.8 Å². The van der Waals surface area contributed by atoms with Gasteiger partial charge in [-0.25, -0.2) is 9.78 Å². The van der Waals surface area contributed by atoms with Crippen molar-refractivity contribution >= 4 is 11.9 Å². The van der Waals surface area contributed by atoms with Crippen LogP contribution in [0.2, 0.25) is 0 Å². The van der Waals surface area contributed by atoms with Gasteiger partial charge in [0.25, 0.3) is 0 Å². The Balaban J connectivity index is 1.52. The molecule has 0 spiro atoms. The molecule has 0 aliphatic carbocycles. The lowest BCUT2D eigenvalue weighted by Gasteiger charge is -2.34. The summed E-state index contributed by atoms with van der Waals surface area (Å²) in [6.45, 7) is 8.56. The fourth-order valence-corrected chi connectivity index (χ4v) is 3.25. The molecule has 2 aromatic rings. The van der Waals surface area contributed by atoms with Crippen LogP contribution in [-0.4, -0.2) is 30.2 Å². The van der Waals surface area contributed by atoms with Gasteiger partial charge >= 0.3 is 6.09 Å². The van der Waals surface area contributed by atoms with E-state index in [1.807, 2.05) is 36.5 Å². The summed E-state index contributed by atoms with van der Waals surface area (Å²) < 4.78 is 5.34. The number of rotatable bonds is 4. The minimum absolute atomic E-state index is 0.0751. The minimum Gasteiger partial charge on any atom is -0.445 e. The quantitative estimate of drug-likeness (QED) is 0.877. The van der Waals surface area contributed by atoms with Crippen LogP contribution in [0.15, 0.2) is 48.7 Å². The zero-order valence-electron chi connectivity index (χ0n) is 16.4. The second-order valence-corrected chi connectivity index (χ2v) is 8.15. The van der Waals surface area contributed by atoms with Gasteiger partial charge in [-0.15, -0.1) is 0 Å². The molecule has 1 fully saturated rings. The second-order valence-electron chi connectivity index (χ2n) is 8.15. The number of nitrogens with one attached hydrogen (secondary N) is 1. The number of carbonyl (C=O) groups excluding carboxylic acids is 1. The molecule has 1 saturated heterocycles. The lowest BCUT2D eigenvalue weighted by molar-refractivity contribution is 0.134. The molecule has 1 amide bonds. The summed E-state index contributed by atoms with van der Waals surface area (Å²) in [4.78, 5) is 19.0. The van der Waals surface area contributed by atoms with Gasteiger partial charge in [0.15, 0.2) is 0 Å². The third-order valence-corrected chi connectivity index (χ3v) is 4.89. The SMILES string of the molecule is CC(C)(C)c1ccc(N2CCCC(NC(=O)OCc3ccccc3)C2)nc1. The van der Waals surface area contributed by atoms with Crippen molar-refractivity contribution in [2.45, 2.75) is 51.7 Å². The summed E-state index contributed by atoms with van der Waals surface area (Å²) in [6.07, 6.45) is 3.57. The molecule has 0 bridgehead atoms. The molecule has 1 N–H and O–H groups in total. The lowest BCUT2D eigenvalue weighted by Crippen LogP contribution is -2.48. The van der Waals surface area contributed by atoms with Crippen molar-refractivity contribution in [1.29, 1.82) is 0 Å². The third kappa shape index (κ3) is 5.46. The maximum Gasteiger partial charge on any atom is 0.407 e. The highest BCUT2D eigenvalue weighted by Crippen LogP contribution is 2.24. The third-order valence-electron chi connectivity index (χ3n) is 4.89. The zero-order valence-corrected chi connectivity index (χ0v) is 16.4. The molecule has 5 heteroatoms. The maximum atomic E-state index is 12.1. The van der Waals surface area contributed by atoms with Crippen LogP contribution >= 0.6 is 0 Å². The number of aromatic nitrogens is 1. The van der Waals surface area contributed by atoms with Crippen LogP contribution in [0.25, 0.3) is 0 Å². The van der Waals surface area contributed by atoms with Gasteiger partial charge in [-0.1, -0.05) is 57.2 Å². The number of carbonyl (C=O) groups is 1. The summed E-state index contributed by atoms with van der Waals surface area (Å²) in [6, 6.07) is 14.0. The van der Waals surface area contributed by atoms with E-state index >= 15 is 0 Å². The van der Waals surface area contributed by atoms with Crippen molar-refractivity contribution < 1.29 is 9.53 Å². The van der Waals surface area contributed by atoms with Gasteiger partial charge in [0, 0.05) is 25.3 Å². The van der Waals surface area contributed by atoms with Crippen molar-refractivity contribution in [3.63, 3.8) is 0 Å². The van der Waals surface area contributed by atoms with E-state index in [0.717, 1.165) is 37.3 Å². The van der Waals surface area contributed by atoms with E-state index in [4.69, 9.17) is 4.74 Å². The standard InChI is InChI=1S/C22H29N3O2/c1-22(2,3)18-11-12-20(23-14-18)25-13-7-10-19(15-25)24-21(26)27-16-17-8-5-4-6-9-17/h4-6,8-9,11-12,14,19H,7,10,13,15-16H2,1-3H3,(H,24,26). The van der Waals surface area contributed by atoms with Crippen LogP contribution in [0.1, 0.15) is 44.7 Å². The molecule has 144 valence electrons. The first-order valence-corrected chi connectivity index (χ1v) is 9.60. The maximum absolute atomic E-state index is 12.1. The fourth-order valence-electron chi connectivity index (χ4n) is 3.25. The molecule has 1 aromatic carbocycles. The van der Waals surface area contributed by atoms with Gasteiger partial charge in [-0.3, -0.25) is 0 Å². The van der Waals surface area contributed by atoms with Crippen LogP contribution in [-0.2, 0) is 16.8 Å². The van der Waals surface area contributed by atoms with Crippen LogP contribution in [0.3, 0.4) is 0 Å². The van der Waals surface area contributed by atoms with Gasteiger partial charge in [-0.05, 0) is 35.4 Å². The molecule has 2 heterocycles. The van der Waals surface area contributed by atoms with Crippen LogP contribution in [0.5, 0.6) is 0 Å². The number of hydrogen-bond donors (Lipinski definition) is 1. The van der Waals surface area contributed by atoms with Crippen molar-refractivity contribution in [3.8, 4) is 0 Å². The average Bonchev–Trinajstić information content (AvgIpc) is 2.67. The monoisotopic (exact) mass is 367 g/mol. The molecule has 1 aromatic heterocycles. The summed E-state index contributed by atoms with van der Waals surface area (Å²) in [5.74, 6) is 0.965. The van der Waals surface area contributed by atoms with Crippen molar-refractivity contribution in [2.24, 2.45) is 0 Å². The van der Waals surface area contributed by atoms with E-state index in [1.165, 1.54) is 5.56 Å². The number of anilines is 1. The van der Waals surface area contributed by atoms with Gasteiger partial charge in [0.05, 0.1) is 0 Å². The molecule has 1 aliphatic heterocycles. The Bertz CT molecular complexity index is 738. The minimum atomic E-state index is -0.359. The van der Waals surface area contributed by atoms with E-state index in [1.54, 1.807) is 0 Å². The Labute approximate surface area is 161 Å². The Hall–Kier alpha value is -2.56. The van der Waals surface area contributed by atoms with E-state index in [0.29, 0.717) is 6.61 Å². The Kier molecular flexibility index (Phi) is 5.99. The first kappa shape index (κ1) is 19.2. The predicted octanol–water partition coefficient (Wildman–Crippen LogP) is 4.27. The van der Waals surface area contributed by atoms with E-state index in [9.17, 15) is 4.79 Å². The van der Waals surface area contributed by atoms with Gasteiger partial charge in [-0.2, -0.15) is 0 Å². The largest absolute Gasteiger partial charge is 0.445 e. The normalized spacial score (nSPS) is 17.4. The van der Waals surface area contributed by atoms with E-state index in [2.05, 4.69) is 48.1 Å². The number of pyridine rings is 1. The number of alkyl carbamates (subject to hydrolysis) is 1. The molecule has 1 atom stereocenters. The Morgan fingerprint density at radius 3 is 2.67 bits per heavy atom. The molecule has 0 radical (unpaired) electrons. The molecule has 1 aliphatic rings. The topological polar surface area (TPSA) is 54.5 Å². The summed E-state index contributed by atoms with van der Waals surface area (Å²) in [5.41, 5.74) is 2.31. The predicted molar refractivity (Wildman–Crippen MR) is 108 cm³/mol. The Morgan fingerprint density at radius 1 is 1.22 bits per heavy atom. The van der Waals surface area contributed by atoms with E-state index < -0.39 is 0 Å². The smallest absolute Gasteiger partial charge is 0.407 e. The molecular weight excluding hydrogens is 338 g/mol. The average molecular weight is 367 g/mol. The number of amides is 1. The fraction of sp³-hybridized carbons (Fsp3) is 0.455. The molecule has 27 heavy (non-hydrogen) atoms. The first-order chi connectivity index (χ1) is 12.9. The second kappa shape index (κ2) is 8.42. The van der Waals surface area contributed by atoms with Crippen LogP contribution in [0.4, 0.5) is 10.6 Å². The lowest BCUT2D eigenvalue weighted by atomic mass is 9.88. The molecule has 3 rings (SSSR count). The number of nitrogens with zero attached hydrogens (tertiary/aromatic N) is 2. The summed E-state index contributed by atoms with van der Waals surface area (Å²) in [7, 11) is 0. The number of hydrogen-bond acceptors (Lipinski definition) is 4. The molecular formula is C22H29N3O2. The highest BCUT2D eigenvalue weighted by atomic mass is 16.5. The van der Waals surface area contributed by atoms with Gasteiger partial charge < -0.3 is 15.0 Å². The molecule has 0 saturated carbocycles. The van der Waals surface area contributed by atoms with Gasteiger partial charge in [0.2, 0.25) is 0 Å². The van der Waals surface area contributed by atoms with Crippen LogP contribution < -0.4 is 10.2 Å². The number of benzene rings is 1. The molecule has 1 unspecified atom stereocenters. The van der Waals surface area contributed by atoms with E-state index in [-0.39, 0.29) is 17.6 Å². The Morgan fingerprint density at radius 2 is 2.00 bits per heavy atom. The highest BCUT2D eigenvalue weighted by Gasteiger charge is 2.23. The summed E-state index contributed by atoms with van der Waals surface area (Å²) in [5, 5.41) is 2.99. The van der Waals surface area contributed by atoms with Gasteiger partial charge in [0.1, 0.15) is 12.4 Å². The van der Waals surface area contributed by atoms with Crippen molar-refractivity contribution in [1.82, 2.24) is 10.3 Å². The highest BCUT2D eigenvalue weighted by molar-refractivity contribution is 5.67. The zero-order chi connectivity index (χ0) is 19.3.